The highest BCUT2D eigenvalue weighted by molar-refractivity contribution is 5.92. The highest BCUT2D eigenvalue weighted by Crippen LogP contribution is 2.33. The Kier molecular flexibility index (Phi) is 10.2. The molecule has 0 heterocycles. The number of nitrogens with one attached hydrogen (secondary N) is 4. The zero-order valence-corrected chi connectivity index (χ0v) is 18.2. The number of hydrogen-bond acceptors (Lipinski definition) is 7. The van der Waals surface area contributed by atoms with E-state index in [0.717, 1.165) is 18.4 Å². The molecular formula is C21H30N6O6. The van der Waals surface area contributed by atoms with Crippen LogP contribution in [0.15, 0.2) is 30.3 Å². The van der Waals surface area contributed by atoms with Crippen molar-refractivity contribution in [3.8, 4) is 0 Å². The molecule has 12 heteroatoms. The van der Waals surface area contributed by atoms with Crippen molar-refractivity contribution in [2.45, 2.75) is 31.4 Å². The molecule has 2 rings (SSSR count). The molecule has 1 aliphatic carbocycles. The Hall–Kier alpha value is -3.51. The van der Waals surface area contributed by atoms with Gasteiger partial charge in [-0.1, -0.05) is 30.3 Å². The van der Waals surface area contributed by atoms with Crippen molar-refractivity contribution in [3.63, 3.8) is 0 Å². The summed E-state index contributed by atoms with van der Waals surface area (Å²) in [6.07, 6.45) is 1.13. The fourth-order valence-electron chi connectivity index (χ4n) is 2.97. The summed E-state index contributed by atoms with van der Waals surface area (Å²) in [6, 6.07) is 8.01. The van der Waals surface area contributed by atoms with Gasteiger partial charge in [0.2, 0.25) is 29.5 Å². The maximum absolute atomic E-state index is 12.6. The molecule has 0 aliphatic heterocycles. The zero-order valence-electron chi connectivity index (χ0n) is 18.2. The number of carbonyl (C=O) groups is 5. The number of rotatable bonds is 14. The number of amides is 5. The summed E-state index contributed by atoms with van der Waals surface area (Å²) < 4.78 is 5.32. The Morgan fingerprint density at radius 2 is 1.61 bits per heavy atom. The molecule has 0 aromatic heterocycles. The Balaban J connectivity index is 1.83. The summed E-state index contributed by atoms with van der Waals surface area (Å²) in [5.74, 6) is -2.71. The van der Waals surface area contributed by atoms with Gasteiger partial charge in [-0.2, -0.15) is 0 Å². The standard InChI is InChI=1S/C21H30N6O6/c22-9-16(28)24-11-18(30)27-15(8-13-4-2-1-3-5-13)21(32)25-10-17(29)26-12-33-19(20(23)31)14-6-7-14/h1-5,14-15,19H,6-12,22H2,(H2,23,31)(H,24,28)(H,25,32)(H,26,29)(H,27,30)/t15-,19-/m0/s1. The molecule has 1 aliphatic rings. The lowest BCUT2D eigenvalue weighted by Gasteiger charge is -2.19. The Labute approximate surface area is 191 Å². The molecule has 0 unspecified atom stereocenters. The molecule has 2 atom stereocenters. The van der Waals surface area contributed by atoms with E-state index in [1.165, 1.54) is 0 Å². The second-order valence-electron chi connectivity index (χ2n) is 7.58. The minimum atomic E-state index is -0.979. The summed E-state index contributed by atoms with van der Waals surface area (Å²) >= 11 is 0. The third kappa shape index (κ3) is 9.66. The molecule has 180 valence electrons. The first-order chi connectivity index (χ1) is 15.8. The zero-order chi connectivity index (χ0) is 24.2. The topological polar surface area (TPSA) is 195 Å². The van der Waals surface area contributed by atoms with Crippen LogP contribution >= 0.6 is 0 Å². The summed E-state index contributed by atoms with van der Waals surface area (Å²) in [4.78, 5) is 59.4. The third-order valence-electron chi connectivity index (χ3n) is 4.85. The SMILES string of the molecule is NCC(=O)NCC(=O)N[C@@H](Cc1ccccc1)C(=O)NCC(=O)NCO[C@H](C(N)=O)C1CC1. The molecule has 8 N–H and O–H groups in total. The van der Waals surface area contributed by atoms with Crippen molar-refractivity contribution < 1.29 is 28.7 Å². The van der Waals surface area contributed by atoms with E-state index in [9.17, 15) is 24.0 Å². The van der Waals surface area contributed by atoms with E-state index in [0.29, 0.717) is 0 Å². The van der Waals surface area contributed by atoms with Gasteiger partial charge in [0.15, 0.2) is 0 Å². The van der Waals surface area contributed by atoms with Crippen LogP contribution < -0.4 is 32.7 Å². The van der Waals surface area contributed by atoms with E-state index in [1.807, 2.05) is 6.07 Å². The molecule has 0 radical (unpaired) electrons. The summed E-state index contributed by atoms with van der Waals surface area (Å²) in [6.45, 7) is -1.18. The van der Waals surface area contributed by atoms with Crippen LogP contribution in [0.25, 0.3) is 0 Å². The quantitative estimate of drug-likeness (QED) is 0.161. The summed E-state index contributed by atoms with van der Waals surface area (Å²) in [5, 5.41) is 9.77. The van der Waals surface area contributed by atoms with E-state index >= 15 is 0 Å². The van der Waals surface area contributed by atoms with Crippen LogP contribution in [-0.4, -0.2) is 68.0 Å². The number of nitrogens with two attached hydrogens (primary N) is 2. The van der Waals surface area contributed by atoms with Crippen molar-refractivity contribution in [1.82, 2.24) is 21.3 Å². The van der Waals surface area contributed by atoms with E-state index < -0.39 is 41.7 Å². The molecule has 1 saturated carbocycles. The highest BCUT2D eigenvalue weighted by Gasteiger charge is 2.35. The van der Waals surface area contributed by atoms with Crippen molar-refractivity contribution in [1.29, 1.82) is 0 Å². The summed E-state index contributed by atoms with van der Waals surface area (Å²) in [7, 11) is 0. The van der Waals surface area contributed by atoms with Crippen LogP contribution in [0.5, 0.6) is 0 Å². The molecule has 5 amide bonds. The van der Waals surface area contributed by atoms with Gasteiger partial charge in [-0.25, -0.2) is 0 Å². The predicted octanol–water partition coefficient (Wildman–Crippen LogP) is -2.74. The number of benzene rings is 1. The van der Waals surface area contributed by atoms with Crippen LogP contribution in [0, 0.1) is 5.92 Å². The molecule has 1 fully saturated rings. The molecule has 0 saturated heterocycles. The van der Waals surface area contributed by atoms with Gasteiger partial charge in [0, 0.05) is 6.42 Å². The van der Waals surface area contributed by atoms with Gasteiger partial charge < -0.3 is 37.5 Å². The van der Waals surface area contributed by atoms with Crippen molar-refractivity contribution in [2.75, 3.05) is 26.4 Å². The Morgan fingerprint density at radius 3 is 2.21 bits per heavy atom. The van der Waals surface area contributed by atoms with Crippen molar-refractivity contribution in [3.05, 3.63) is 35.9 Å². The van der Waals surface area contributed by atoms with Crippen LogP contribution in [0.2, 0.25) is 0 Å². The number of hydrogen-bond donors (Lipinski definition) is 6. The third-order valence-corrected chi connectivity index (χ3v) is 4.85. The van der Waals surface area contributed by atoms with Crippen LogP contribution in [0.1, 0.15) is 18.4 Å². The van der Waals surface area contributed by atoms with Crippen molar-refractivity contribution in [2.24, 2.45) is 17.4 Å². The summed E-state index contributed by atoms with van der Waals surface area (Å²) in [5.41, 5.74) is 11.3. The second kappa shape index (κ2) is 13.1. The molecule has 0 bridgehead atoms. The smallest absolute Gasteiger partial charge is 0.246 e. The van der Waals surface area contributed by atoms with Crippen LogP contribution in [-0.2, 0) is 35.1 Å². The largest absolute Gasteiger partial charge is 0.367 e. The van der Waals surface area contributed by atoms with Crippen LogP contribution in [0.4, 0.5) is 0 Å². The molecule has 33 heavy (non-hydrogen) atoms. The van der Waals surface area contributed by atoms with E-state index in [-0.39, 0.29) is 38.7 Å². The number of primary amides is 1. The molecule has 1 aromatic rings. The van der Waals surface area contributed by atoms with Gasteiger partial charge >= 0.3 is 0 Å². The first-order valence-corrected chi connectivity index (χ1v) is 10.6. The lowest BCUT2D eigenvalue weighted by molar-refractivity contribution is -0.135. The molecule has 12 nitrogen and oxygen atoms in total. The van der Waals surface area contributed by atoms with Gasteiger partial charge in [0.1, 0.15) is 18.9 Å². The first-order valence-electron chi connectivity index (χ1n) is 10.6. The first kappa shape index (κ1) is 25.7. The van der Waals surface area contributed by atoms with Crippen LogP contribution in [0.3, 0.4) is 0 Å². The predicted molar refractivity (Wildman–Crippen MR) is 117 cm³/mol. The molecule has 0 spiro atoms. The normalized spacial score (nSPS) is 14.5. The van der Waals surface area contributed by atoms with Gasteiger partial charge in [0.05, 0.1) is 19.6 Å². The number of ether oxygens (including phenoxy) is 1. The molecular weight excluding hydrogens is 432 g/mol. The van der Waals surface area contributed by atoms with E-state index in [2.05, 4.69) is 21.3 Å². The second-order valence-corrected chi connectivity index (χ2v) is 7.58. The maximum Gasteiger partial charge on any atom is 0.246 e. The van der Waals surface area contributed by atoms with Gasteiger partial charge in [0.25, 0.3) is 0 Å². The average molecular weight is 463 g/mol. The minimum absolute atomic E-state index is 0.0797. The number of carbonyl (C=O) groups excluding carboxylic acids is 5. The van der Waals surface area contributed by atoms with Gasteiger partial charge in [-0.3, -0.25) is 24.0 Å². The fourth-order valence-corrected chi connectivity index (χ4v) is 2.97. The van der Waals surface area contributed by atoms with Gasteiger partial charge in [-0.05, 0) is 24.3 Å². The van der Waals surface area contributed by atoms with Gasteiger partial charge in [-0.15, -0.1) is 0 Å². The Bertz CT molecular complexity index is 845. The average Bonchev–Trinajstić information content (AvgIpc) is 3.63. The monoisotopic (exact) mass is 462 g/mol. The van der Waals surface area contributed by atoms with E-state index in [1.54, 1.807) is 24.3 Å². The van der Waals surface area contributed by atoms with E-state index in [4.69, 9.17) is 16.2 Å². The fraction of sp³-hybridized carbons (Fsp3) is 0.476. The lowest BCUT2D eigenvalue weighted by Crippen LogP contribution is -2.52. The Morgan fingerprint density at radius 1 is 0.939 bits per heavy atom. The highest BCUT2D eigenvalue weighted by atomic mass is 16.5. The molecule has 1 aromatic carbocycles. The maximum atomic E-state index is 12.6. The van der Waals surface area contributed by atoms with Crippen molar-refractivity contribution >= 4 is 29.5 Å². The minimum Gasteiger partial charge on any atom is -0.367 e. The lowest BCUT2D eigenvalue weighted by atomic mass is 10.1.